The predicted molar refractivity (Wildman–Crippen MR) is 100 cm³/mol. The molecule has 0 aliphatic rings. The Morgan fingerprint density at radius 1 is 1.08 bits per heavy atom. The zero-order valence-electron chi connectivity index (χ0n) is 14.0. The average molecular weight is 368 g/mol. The van der Waals surface area contributed by atoms with E-state index in [1.165, 1.54) is 12.1 Å². The SMILES string of the molecule is COCn1c(-c2ccncc2)c(-c2ccc(F)cc2)c2ncc(Cl)cc21. The lowest BCUT2D eigenvalue weighted by molar-refractivity contribution is 0.136. The van der Waals surface area contributed by atoms with E-state index in [-0.39, 0.29) is 5.82 Å². The number of nitrogens with zero attached hydrogens (tertiary/aromatic N) is 3. The number of methoxy groups -OCH3 is 1. The molecule has 0 amide bonds. The summed E-state index contributed by atoms with van der Waals surface area (Å²) < 4.78 is 20.9. The summed E-state index contributed by atoms with van der Waals surface area (Å²) in [5.41, 5.74) is 5.29. The number of hydrogen-bond donors (Lipinski definition) is 0. The molecule has 0 aliphatic heterocycles. The molecule has 0 bridgehead atoms. The average Bonchev–Trinajstić information content (AvgIpc) is 2.97. The Morgan fingerprint density at radius 2 is 1.81 bits per heavy atom. The molecule has 130 valence electrons. The Hall–Kier alpha value is -2.76. The third-order valence-corrected chi connectivity index (χ3v) is 4.42. The van der Waals surface area contributed by atoms with Crippen LogP contribution < -0.4 is 0 Å². The van der Waals surface area contributed by atoms with E-state index in [0.29, 0.717) is 11.8 Å². The van der Waals surface area contributed by atoms with Crippen LogP contribution in [0.3, 0.4) is 0 Å². The molecule has 3 heterocycles. The van der Waals surface area contributed by atoms with Crippen molar-refractivity contribution in [2.45, 2.75) is 6.73 Å². The van der Waals surface area contributed by atoms with Gasteiger partial charge in [0.1, 0.15) is 12.5 Å². The number of aromatic nitrogens is 3. The van der Waals surface area contributed by atoms with Crippen molar-refractivity contribution in [2.75, 3.05) is 7.11 Å². The van der Waals surface area contributed by atoms with Gasteiger partial charge in [-0.05, 0) is 35.9 Å². The topological polar surface area (TPSA) is 39.9 Å². The van der Waals surface area contributed by atoms with Crippen LogP contribution in [0.15, 0.2) is 61.1 Å². The molecule has 0 unspecified atom stereocenters. The first-order valence-corrected chi connectivity index (χ1v) is 8.40. The first-order chi connectivity index (χ1) is 12.7. The van der Waals surface area contributed by atoms with Crippen molar-refractivity contribution in [3.8, 4) is 22.4 Å². The molecule has 1 aromatic carbocycles. The zero-order chi connectivity index (χ0) is 18.1. The molecule has 0 atom stereocenters. The van der Waals surface area contributed by atoms with E-state index in [1.54, 1.807) is 37.8 Å². The third-order valence-electron chi connectivity index (χ3n) is 4.21. The third kappa shape index (κ3) is 2.85. The lowest BCUT2D eigenvalue weighted by Gasteiger charge is -2.11. The summed E-state index contributed by atoms with van der Waals surface area (Å²) in [4.78, 5) is 8.65. The van der Waals surface area contributed by atoms with Crippen molar-refractivity contribution < 1.29 is 9.13 Å². The number of ether oxygens (including phenoxy) is 1. The molecule has 0 saturated heterocycles. The Bertz CT molecular complexity index is 1060. The Kier molecular flexibility index (Phi) is 4.41. The van der Waals surface area contributed by atoms with Crippen molar-refractivity contribution in [1.29, 1.82) is 0 Å². The summed E-state index contributed by atoms with van der Waals surface area (Å²) in [5, 5.41) is 0.541. The quantitative estimate of drug-likeness (QED) is 0.500. The maximum atomic E-state index is 13.5. The van der Waals surface area contributed by atoms with Gasteiger partial charge >= 0.3 is 0 Å². The molecule has 0 N–H and O–H groups in total. The molecule has 4 aromatic rings. The van der Waals surface area contributed by atoms with Crippen LogP contribution in [0.1, 0.15) is 0 Å². The maximum absolute atomic E-state index is 13.5. The first kappa shape index (κ1) is 16.7. The first-order valence-electron chi connectivity index (χ1n) is 8.02. The highest BCUT2D eigenvalue weighted by Crippen LogP contribution is 2.40. The van der Waals surface area contributed by atoms with Crippen LogP contribution in [0.5, 0.6) is 0 Å². The fourth-order valence-corrected chi connectivity index (χ4v) is 3.31. The summed E-state index contributed by atoms with van der Waals surface area (Å²) in [6.07, 6.45) is 5.09. The van der Waals surface area contributed by atoms with Crippen LogP contribution >= 0.6 is 11.6 Å². The highest BCUT2D eigenvalue weighted by molar-refractivity contribution is 6.31. The lowest BCUT2D eigenvalue weighted by Crippen LogP contribution is -2.02. The molecule has 4 nitrogen and oxygen atoms in total. The van der Waals surface area contributed by atoms with Gasteiger partial charge in [-0.2, -0.15) is 0 Å². The number of halogens is 2. The molecule has 0 fully saturated rings. The van der Waals surface area contributed by atoms with Gasteiger partial charge in [0.05, 0.1) is 21.7 Å². The number of benzene rings is 1. The molecule has 26 heavy (non-hydrogen) atoms. The van der Waals surface area contributed by atoms with Gasteiger partial charge in [0.15, 0.2) is 0 Å². The molecule has 0 saturated carbocycles. The van der Waals surface area contributed by atoms with Crippen LogP contribution in [-0.4, -0.2) is 21.6 Å². The fraction of sp³-hybridized carbons (Fsp3) is 0.100. The molecule has 0 spiro atoms. The van der Waals surface area contributed by atoms with Crippen molar-refractivity contribution in [3.63, 3.8) is 0 Å². The molecule has 3 aromatic heterocycles. The normalized spacial score (nSPS) is 11.2. The van der Waals surface area contributed by atoms with Crippen LogP contribution in [0.25, 0.3) is 33.4 Å². The molecule has 4 rings (SSSR count). The minimum absolute atomic E-state index is 0.282. The van der Waals surface area contributed by atoms with Gasteiger partial charge in [0.2, 0.25) is 0 Å². The molecular formula is C20H15ClFN3O. The van der Waals surface area contributed by atoms with Crippen molar-refractivity contribution in [2.24, 2.45) is 0 Å². The second-order valence-corrected chi connectivity index (χ2v) is 6.27. The Labute approximate surface area is 154 Å². The lowest BCUT2D eigenvalue weighted by atomic mass is 10.0. The highest BCUT2D eigenvalue weighted by Gasteiger charge is 2.21. The van der Waals surface area contributed by atoms with Crippen molar-refractivity contribution >= 4 is 22.6 Å². The van der Waals surface area contributed by atoms with E-state index in [2.05, 4.69) is 9.97 Å². The minimum atomic E-state index is -0.282. The molecular weight excluding hydrogens is 353 g/mol. The number of pyridine rings is 2. The smallest absolute Gasteiger partial charge is 0.123 e. The Balaban J connectivity index is 2.12. The van der Waals surface area contributed by atoms with E-state index in [9.17, 15) is 4.39 Å². The molecule has 0 aliphatic carbocycles. The van der Waals surface area contributed by atoms with Gasteiger partial charge in [-0.25, -0.2) is 4.39 Å². The van der Waals surface area contributed by atoms with Gasteiger partial charge < -0.3 is 9.30 Å². The summed E-state index contributed by atoms with van der Waals surface area (Å²) >= 11 is 6.19. The standard InChI is InChI=1S/C20H15ClFN3O/c1-26-12-25-17-10-15(21)11-24-19(17)18(13-2-4-16(22)5-3-13)20(25)14-6-8-23-9-7-14/h2-11H,12H2,1H3. The number of hydrogen-bond acceptors (Lipinski definition) is 3. The van der Waals surface area contributed by atoms with Gasteiger partial charge in [-0.1, -0.05) is 23.7 Å². The second-order valence-electron chi connectivity index (χ2n) is 5.83. The maximum Gasteiger partial charge on any atom is 0.123 e. The van der Waals surface area contributed by atoms with E-state index < -0.39 is 0 Å². The molecule has 6 heteroatoms. The van der Waals surface area contributed by atoms with E-state index in [1.807, 2.05) is 22.8 Å². The van der Waals surface area contributed by atoms with Crippen LogP contribution in [0.2, 0.25) is 5.02 Å². The highest BCUT2D eigenvalue weighted by atomic mass is 35.5. The number of rotatable bonds is 4. The predicted octanol–water partition coefficient (Wildman–Crippen LogP) is 5.16. The van der Waals surface area contributed by atoms with Crippen LogP contribution in [0, 0.1) is 5.82 Å². The minimum Gasteiger partial charge on any atom is -0.364 e. The fourth-order valence-electron chi connectivity index (χ4n) is 3.16. The van der Waals surface area contributed by atoms with E-state index in [4.69, 9.17) is 16.3 Å². The van der Waals surface area contributed by atoms with E-state index >= 15 is 0 Å². The van der Waals surface area contributed by atoms with Gasteiger partial charge in [0, 0.05) is 36.8 Å². The van der Waals surface area contributed by atoms with Gasteiger partial charge in [-0.3, -0.25) is 9.97 Å². The van der Waals surface area contributed by atoms with Gasteiger partial charge in [0.25, 0.3) is 0 Å². The summed E-state index contributed by atoms with van der Waals surface area (Å²) in [6, 6.07) is 12.1. The van der Waals surface area contributed by atoms with Crippen LogP contribution in [0.4, 0.5) is 4.39 Å². The van der Waals surface area contributed by atoms with E-state index in [0.717, 1.165) is 33.4 Å². The van der Waals surface area contributed by atoms with Crippen molar-refractivity contribution in [3.05, 3.63) is 71.9 Å². The summed E-state index contributed by atoms with van der Waals surface area (Å²) in [5.74, 6) is -0.282. The summed E-state index contributed by atoms with van der Waals surface area (Å²) in [7, 11) is 1.64. The van der Waals surface area contributed by atoms with Crippen LogP contribution in [-0.2, 0) is 11.5 Å². The number of fused-ring (bicyclic) bond motifs is 1. The summed E-state index contributed by atoms with van der Waals surface area (Å²) in [6.45, 7) is 0.331. The zero-order valence-corrected chi connectivity index (χ0v) is 14.7. The second kappa shape index (κ2) is 6.86. The van der Waals surface area contributed by atoms with Crippen molar-refractivity contribution in [1.82, 2.24) is 14.5 Å². The largest absolute Gasteiger partial charge is 0.364 e. The molecule has 0 radical (unpaired) electrons. The monoisotopic (exact) mass is 367 g/mol. The Morgan fingerprint density at radius 3 is 2.50 bits per heavy atom. The van der Waals surface area contributed by atoms with Gasteiger partial charge in [-0.15, -0.1) is 0 Å².